The minimum absolute atomic E-state index is 0.0154. The van der Waals surface area contributed by atoms with E-state index in [0.29, 0.717) is 9.75 Å². The Morgan fingerprint density at radius 1 is 1.22 bits per heavy atom. The number of alkyl halides is 5. The zero-order valence-corrected chi connectivity index (χ0v) is 11.0. The maximum absolute atomic E-state index is 13.5. The summed E-state index contributed by atoms with van der Waals surface area (Å²) in [6.07, 6.45) is -5.57. The van der Waals surface area contributed by atoms with Crippen LogP contribution in [0.15, 0.2) is 6.07 Å². The van der Waals surface area contributed by atoms with Crippen LogP contribution in [0.5, 0.6) is 0 Å². The molecule has 1 heterocycles. The van der Waals surface area contributed by atoms with E-state index in [-0.39, 0.29) is 12.1 Å². The van der Waals surface area contributed by atoms with Crippen molar-refractivity contribution in [2.75, 3.05) is 6.54 Å². The molecule has 0 fully saturated rings. The summed E-state index contributed by atoms with van der Waals surface area (Å²) in [5.41, 5.74) is 0.0154. The standard InChI is InChI=1S/C11H14F5NS/c1-4-17-9(10(12,13)11(14,15)16)8-5-6(2)18-7(8)3/h5,9,17H,4H2,1-3H3. The predicted octanol–water partition coefficient (Wildman–Crippen LogP) is 4.21. The van der Waals surface area contributed by atoms with Crippen LogP contribution in [0.2, 0.25) is 0 Å². The van der Waals surface area contributed by atoms with Gasteiger partial charge in [-0.05, 0) is 32.0 Å². The molecule has 7 heteroatoms. The van der Waals surface area contributed by atoms with Crippen molar-refractivity contribution in [3.05, 3.63) is 21.4 Å². The Balaban J connectivity index is 3.22. The summed E-state index contributed by atoms with van der Waals surface area (Å²) in [6, 6.07) is -0.653. The fourth-order valence-corrected chi connectivity index (χ4v) is 2.70. The van der Waals surface area contributed by atoms with Crippen molar-refractivity contribution in [1.82, 2.24) is 5.32 Å². The number of thiophene rings is 1. The number of hydrogen-bond acceptors (Lipinski definition) is 2. The van der Waals surface area contributed by atoms with Crippen LogP contribution in [-0.2, 0) is 0 Å². The molecule has 0 amide bonds. The second-order valence-corrected chi connectivity index (χ2v) is 5.44. The Labute approximate surface area is 106 Å². The molecule has 1 unspecified atom stereocenters. The summed E-state index contributed by atoms with van der Waals surface area (Å²) in [4.78, 5) is 1.19. The zero-order valence-electron chi connectivity index (χ0n) is 10.2. The Bertz CT molecular complexity index is 410. The number of nitrogens with one attached hydrogen (secondary N) is 1. The maximum Gasteiger partial charge on any atom is 0.455 e. The first kappa shape index (κ1) is 15.4. The van der Waals surface area contributed by atoms with Crippen LogP contribution in [0.3, 0.4) is 0 Å². The zero-order chi connectivity index (χ0) is 14.1. The highest BCUT2D eigenvalue weighted by Gasteiger charge is 2.62. The van der Waals surface area contributed by atoms with Crippen LogP contribution in [0.25, 0.3) is 0 Å². The molecule has 1 N–H and O–H groups in total. The first-order valence-electron chi connectivity index (χ1n) is 5.36. The highest BCUT2D eigenvalue weighted by atomic mass is 32.1. The average molecular weight is 287 g/mol. The molecule has 104 valence electrons. The lowest BCUT2D eigenvalue weighted by Gasteiger charge is -2.29. The van der Waals surface area contributed by atoms with Gasteiger partial charge in [-0.1, -0.05) is 6.92 Å². The van der Waals surface area contributed by atoms with Gasteiger partial charge in [0.05, 0.1) is 0 Å². The third kappa shape index (κ3) is 2.83. The molecule has 1 atom stereocenters. The van der Waals surface area contributed by atoms with Gasteiger partial charge in [-0.3, -0.25) is 0 Å². The Hall–Kier alpha value is -0.690. The van der Waals surface area contributed by atoms with Crippen molar-refractivity contribution in [2.45, 2.75) is 38.9 Å². The van der Waals surface area contributed by atoms with Crippen molar-refractivity contribution in [3.8, 4) is 0 Å². The third-order valence-electron chi connectivity index (χ3n) is 2.54. The van der Waals surface area contributed by atoms with Gasteiger partial charge in [-0.2, -0.15) is 22.0 Å². The lowest BCUT2D eigenvalue weighted by molar-refractivity contribution is -0.294. The molecule has 1 aromatic rings. The molecule has 0 saturated carbocycles. The van der Waals surface area contributed by atoms with Crippen molar-refractivity contribution in [1.29, 1.82) is 0 Å². The normalized spacial score (nSPS) is 14.9. The molecule has 18 heavy (non-hydrogen) atoms. The first-order chi connectivity index (χ1) is 8.11. The summed E-state index contributed by atoms with van der Waals surface area (Å²) in [5.74, 6) is -4.79. The fraction of sp³-hybridized carbons (Fsp3) is 0.636. The molecule has 0 spiro atoms. The molecular formula is C11H14F5NS. The largest absolute Gasteiger partial charge is 0.455 e. The van der Waals surface area contributed by atoms with E-state index in [1.165, 1.54) is 24.3 Å². The van der Waals surface area contributed by atoms with E-state index in [9.17, 15) is 22.0 Å². The van der Waals surface area contributed by atoms with E-state index in [1.807, 2.05) is 0 Å². The summed E-state index contributed by atoms with van der Waals surface area (Å²) in [5, 5.41) is 2.24. The SMILES string of the molecule is CCNC(c1cc(C)sc1C)C(F)(F)C(F)(F)F. The molecular weight excluding hydrogens is 273 g/mol. The van der Waals surface area contributed by atoms with Gasteiger partial charge in [0, 0.05) is 9.75 Å². The molecule has 0 radical (unpaired) electrons. The lowest BCUT2D eigenvalue weighted by atomic mass is 10.0. The topological polar surface area (TPSA) is 12.0 Å². The molecule has 0 aliphatic carbocycles. The van der Waals surface area contributed by atoms with E-state index in [0.717, 1.165) is 0 Å². The van der Waals surface area contributed by atoms with E-state index in [1.54, 1.807) is 13.8 Å². The van der Waals surface area contributed by atoms with Gasteiger partial charge >= 0.3 is 12.1 Å². The van der Waals surface area contributed by atoms with Crippen molar-refractivity contribution in [2.24, 2.45) is 0 Å². The molecule has 0 saturated heterocycles. The van der Waals surface area contributed by atoms with Crippen LogP contribution in [-0.4, -0.2) is 18.6 Å². The molecule has 0 aromatic carbocycles. The molecule has 1 rings (SSSR count). The van der Waals surface area contributed by atoms with E-state index < -0.39 is 18.1 Å². The lowest BCUT2D eigenvalue weighted by Crippen LogP contribution is -2.48. The van der Waals surface area contributed by atoms with Gasteiger partial charge in [0.2, 0.25) is 0 Å². The highest BCUT2D eigenvalue weighted by Crippen LogP contribution is 2.46. The highest BCUT2D eigenvalue weighted by molar-refractivity contribution is 7.12. The summed E-state index contributed by atoms with van der Waals surface area (Å²) in [7, 11) is 0. The molecule has 1 nitrogen and oxygen atoms in total. The van der Waals surface area contributed by atoms with Crippen LogP contribution < -0.4 is 5.32 Å². The van der Waals surface area contributed by atoms with Gasteiger partial charge in [0.25, 0.3) is 0 Å². The Morgan fingerprint density at radius 3 is 2.11 bits per heavy atom. The van der Waals surface area contributed by atoms with Crippen LogP contribution in [0.1, 0.15) is 28.3 Å². The van der Waals surface area contributed by atoms with Crippen molar-refractivity contribution < 1.29 is 22.0 Å². The Kier molecular flexibility index (Phi) is 4.38. The molecule has 1 aromatic heterocycles. The number of rotatable bonds is 4. The molecule has 0 aliphatic rings. The maximum atomic E-state index is 13.5. The van der Waals surface area contributed by atoms with Crippen LogP contribution in [0.4, 0.5) is 22.0 Å². The number of hydrogen-bond donors (Lipinski definition) is 1. The molecule has 0 aliphatic heterocycles. The van der Waals surface area contributed by atoms with E-state index >= 15 is 0 Å². The van der Waals surface area contributed by atoms with Crippen LogP contribution in [0, 0.1) is 13.8 Å². The average Bonchev–Trinajstić information content (AvgIpc) is 2.52. The monoisotopic (exact) mass is 287 g/mol. The smallest absolute Gasteiger partial charge is 0.305 e. The quantitative estimate of drug-likeness (QED) is 0.818. The minimum Gasteiger partial charge on any atom is -0.305 e. The van der Waals surface area contributed by atoms with Gasteiger partial charge in [-0.15, -0.1) is 11.3 Å². The van der Waals surface area contributed by atoms with Crippen molar-refractivity contribution >= 4 is 11.3 Å². The predicted molar refractivity (Wildman–Crippen MR) is 61.2 cm³/mol. The Morgan fingerprint density at radius 2 is 1.78 bits per heavy atom. The summed E-state index contributed by atoms with van der Waals surface area (Å²) in [6.45, 7) is 4.75. The van der Waals surface area contributed by atoms with Crippen molar-refractivity contribution in [3.63, 3.8) is 0 Å². The van der Waals surface area contributed by atoms with E-state index in [2.05, 4.69) is 5.32 Å². The van der Waals surface area contributed by atoms with Gasteiger partial charge in [0.1, 0.15) is 6.04 Å². The number of halogens is 5. The second-order valence-electron chi connectivity index (χ2n) is 3.98. The second kappa shape index (κ2) is 5.13. The van der Waals surface area contributed by atoms with Gasteiger partial charge < -0.3 is 5.32 Å². The van der Waals surface area contributed by atoms with Crippen LogP contribution >= 0.6 is 11.3 Å². The van der Waals surface area contributed by atoms with Gasteiger partial charge in [-0.25, -0.2) is 0 Å². The van der Waals surface area contributed by atoms with Gasteiger partial charge in [0.15, 0.2) is 0 Å². The van der Waals surface area contributed by atoms with E-state index in [4.69, 9.17) is 0 Å². The first-order valence-corrected chi connectivity index (χ1v) is 6.17. The summed E-state index contributed by atoms with van der Waals surface area (Å²) >= 11 is 1.21. The third-order valence-corrected chi connectivity index (χ3v) is 3.52. The molecule has 0 bridgehead atoms. The fourth-order valence-electron chi connectivity index (χ4n) is 1.74. The summed E-state index contributed by atoms with van der Waals surface area (Å²) < 4.78 is 64.3. The minimum atomic E-state index is -5.57. The number of aryl methyl sites for hydroxylation is 2.